The first-order chi connectivity index (χ1) is 25.3. The van der Waals surface area contributed by atoms with Crippen molar-refractivity contribution in [2.75, 3.05) is 9.80 Å². The highest BCUT2D eigenvalue weighted by molar-refractivity contribution is 6.99. The molecule has 0 unspecified atom stereocenters. The van der Waals surface area contributed by atoms with Gasteiger partial charge in [-0.2, -0.15) is 0 Å². The summed E-state index contributed by atoms with van der Waals surface area (Å²) in [6, 6.07) is 76.6. The molecule has 0 amide bonds. The van der Waals surface area contributed by atoms with E-state index in [-0.39, 0.29) is 6.71 Å². The summed E-state index contributed by atoms with van der Waals surface area (Å²) < 4.78 is 0. The third-order valence-corrected chi connectivity index (χ3v) is 9.92. The van der Waals surface area contributed by atoms with E-state index in [1.54, 1.807) is 0 Å². The first kappa shape index (κ1) is 30.5. The molecule has 8 aromatic rings. The van der Waals surface area contributed by atoms with E-state index in [2.05, 4.69) is 222 Å². The first-order valence-corrected chi connectivity index (χ1v) is 17.6. The molecule has 240 valence electrons. The lowest BCUT2D eigenvalue weighted by atomic mass is 9.33. The Morgan fingerprint density at radius 1 is 0.353 bits per heavy atom. The van der Waals surface area contributed by atoms with Gasteiger partial charge in [0.2, 0.25) is 6.71 Å². The van der Waals surface area contributed by atoms with E-state index >= 15 is 0 Å². The van der Waals surface area contributed by atoms with Crippen molar-refractivity contribution in [3.8, 4) is 22.3 Å². The SMILES string of the molecule is c1ccc(-c2cccc(-c3ccccc3)c2B2c3ccccc3N(c3ccccc3)c3cc(N(c4ccccc4)c4ccccc4)ccc32)cc1. The van der Waals surface area contributed by atoms with Crippen molar-refractivity contribution in [3.63, 3.8) is 0 Å². The van der Waals surface area contributed by atoms with Gasteiger partial charge in [0.05, 0.1) is 0 Å². The largest absolute Gasteiger partial charge is 0.311 e. The minimum absolute atomic E-state index is 0.0290. The summed E-state index contributed by atoms with van der Waals surface area (Å²) in [6.45, 7) is -0.0290. The van der Waals surface area contributed by atoms with Crippen LogP contribution in [0.15, 0.2) is 212 Å². The van der Waals surface area contributed by atoms with E-state index in [1.807, 2.05) is 0 Å². The summed E-state index contributed by atoms with van der Waals surface area (Å²) in [5.74, 6) is 0. The zero-order valence-corrected chi connectivity index (χ0v) is 28.2. The van der Waals surface area contributed by atoms with Crippen molar-refractivity contribution in [1.82, 2.24) is 0 Å². The van der Waals surface area contributed by atoms with Gasteiger partial charge < -0.3 is 9.80 Å². The van der Waals surface area contributed by atoms with Gasteiger partial charge in [0, 0.05) is 34.1 Å². The average Bonchev–Trinajstić information content (AvgIpc) is 3.21. The Balaban J connectivity index is 1.35. The molecule has 1 heterocycles. The Bertz CT molecular complexity index is 2320. The van der Waals surface area contributed by atoms with Crippen LogP contribution in [0, 0.1) is 0 Å². The number of fused-ring (bicyclic) bond motifs is 2. The van der Waals surface area contributed by atoms with Gasteiger partial charge in [-0.3, -0.25) is 0 Å². The molecule has 0 atom stereocenters. The van der Waals surface area contributed by atoms with E-state index in [4.69, 9.17) is 0 Å². The van der Waals surface area contributed by atoms with Crippen LogP contribution in [0.5, 0.6) is 0 Å². The van der Waals surface area contributed by atoms with Crippen molar-refractivity contribution < 1.29 is 0 Å². The molecule has 3 heteroatoms. The quantitative estimate of drug-likeness (QED) is 0.158. The fourth-order valence-corrected chi connectivity index (χ4v) is 7.72. The third-order valence-electron chi connectivity index (χ3n) is 9.92. The fourth-order valence-electron chi connectivity index (χ4n) is 7.72. The Hall–Kier alpha value is -6.58. The summed E-state index contributed by atoms with van der Waals surface area (Å²) in [7, 11) is 0. The van der Waals surface area contributed by atoms with E-state index in [0.717, 1.165) is 22.7 Å². The lowest BCUT2D eigenvalue weighted by Gasteiger charge is -2.39. The molecule has 9 rings (SSSR count). The van der Waals surface area contributed by atoms with E-state index in [1.165, 1.54) is 50.0 Å². The van der Waals surface area contributed by atoms with Crippen LogP contribution < -0.4 is 26.2 Å². The predicted octanol–water partition coefficient (Wildman–Crippen LogP) is 10.8. The van der Waals surface area contributed by atoms with E-state index in [9.17, 15) is 0 Å². The molecule has 51 heavy (non-hydrogen) atoms. The molecule has 0 saturated heterocycles. The van der Waals surface area contributed by atoms with Gasteiger partial charge in [0.15, 0.2) is 0 Å². The predicted molar refractivity (Wildman–Crippen MR) is 218 cm³/mol. The molecule has 0 fully saturated rings. The first-order valence-electron chi connectivity index (χ1n) is 17.6. The molecule has 1 aliphatic heterocycles. The summed E-state index contributed by atoms with van der Waals surface area (Å²) >= 11 is 0. The Kier molecular flexibility index (Phi) is 8.00. The van der Waals surface area contributed by atoms with Crippen LogP contribution in [0.1, 0.15) is 0 Å². The maximum Gasteiger partial charge on any atom is 0.248 e. The number of hydrogen-bond donors (Lipinski definition) is 0. The van der Waals surface area contributed by atoms with Gasteiger partial charge in [0.25, 0.3) is 0 Å². The van der Waals surface area contributed by atoms with Crippen molar-refractivity contribution in [2.24, 2.45) is 0 Å². The third kappa shape index (κ3) is 5.59. The van der Waals surface area contributed by atoms with Gasteiger partial charge in [-0.1, -0.05) is 163 Å². The van der Waals surface area contributed by atoms with Crippen molar-refractivity contribution in [1.29, 1.82) is 0 Å². The Morgan fingerprint density at radius 3 is 1.39 bits per heavy atom. The van der Waals surface area contributed by atoms with Crippen molar-refractivity contribution >= 4 is 57.2 Å². The minimum Gasteiger partial charge on any atom is -0.311 e. The lowest BCUT2D eigenvalue weighted by Crippen LogP contribution is -2.58. The molecule has 0 saturated carbocycles. The van der Waals surface area contributed by atoms with Crippen LogP contribution in [-0.2, 0) is 0 Å². The molecule has 2 nitrogen and oxygen atoms in total. The van der Waals surface area contributed by atoms with Gasteiger partial charge >= 0.3 is 0 Å². The molecule has 0 spiro atoms. The number of rotatable bonds is 7. The second kappa shape index (κ2) is 13.4. The second-order valence-corrected chi connectivity index (χ2v) is 12.9. The molecular formula is C48H35BN2. The molecule has 0 N–H and O–H groups in total. The van der Waals surface area contributed by atoms with Crippen LogP contribution in [0.25, 0.3) is 22.3 Å². The highest BCUT2D eigenvalue weighted by Gasteiger charge is 2.38. The molecule has 1 aliphatic rings. The summed E-state index contributed by atoms with van der Waals surface area (Å²) in [6.07, 6.45) is 0. The minimum atomic E-state index is -0.0290. The smallest absolute Gasteiger partial charge is 0.248 e. The maximum absolute atomic E-state index is 2.45. The van der Waals surface area contributed by atoms with Gasteiger partial charge in [0.1, 0.15) is 0 Å². The van der Waals surface area contributed by atoms with Gasteiger partial charge in [-0.15, -0.1) is 0 Å². The monoisotopic (exact) mass is 650 g/mol. The number of anilines is 6. The van der Waals surface area contributed by atoms with E-state index < -0.39 is 0 Å². The zero-order valence-electron chi connectivity index (χ0n) is 28.2. The van der Waals surface area contributed by atoms with Crippen LogP contribution in [0.4, 0.5) is 34.1 Å². The second-order valence-electron chi connectivity index (χ2n) is 12.9. The number of nitrogens with zero attached hydrogens (tertiary/aromatic N) is 2. The zero-order chi connectivity index (χ0) is 34.0. The van der Waals surface area contributed by atoms with Crippen LogP contribution >= 0.6 is 0 Å². The standard InChI is InChI=1S/C48H35BN2/c1-6-19-36(20-7-1)42-29-18-30-43(37-21-8-2-9-22-37)48(42)49-44-31-16-17-32-46(44)51(40-27-14-5-15-28-40)47-35-41(33-34-45(47)49)50(38-23-10-3-11-24-38)39-25-12-4-13-26-39/h1-35H. The Morgan fingerprint density at radius 2 is 0.824 bits per heavy atom. The molecule has 0 aromatic heterocycles. The topological polar surface area (TPSA) is 6.48 Å². The van der Waals surface area contributed by atoms with Gasteiger partial charge in [-0.25, -0.2) is 0 Å². The lowest BCUT2D eigenvalue weighted by molar-refractivity contribution is 1.25. The van der Waals surface area contributed by atoms with Crippen LogP contribution in [0.3, 0.4) is 0 Å². The number of para-hydroxylation sites is 4. The maximum atomic E-state index is 2.45. The summed E-state index contributed by atoms with van der Waals surface area (Å²) in [5.41, 5.74) is 15.6. The fraction of sp³-hybridized carbons (Fsp3) is 0. The Labute approximate surface area is 300 Å². The van der Waals surface area contributed by atoms with Gasteiger partial charge in [-0.05, 0) is 87.8 Å². The summed E-state index contributed by atoms with van der Waals surface area (Å²) in [5, 5.41) is 0. The molecule has 0 bridgehead atoms. The molecule has 0 radical (unpaired) electrons. The van der Waals surface area contributed by atoms with Crippen molar-refractivity contribution in [3.05, 3.63) is 212 Å². The van der Waals surface area contributed by atoms with Crippen molar-refractivity contribution in [2.45, 2.75) is 0 Å². The van der Waals surface area contributed by atoms with Crippen LogP contribution in [0.2, 0.25) is 0 Å². The number of hydrogen-bond acceptors (Lipinski definition) is 2. The highest BCUT2D eigenvalue weighted by Crippen LogP contribution is 2.41. The number of benzene rings is 8. The molecule has 8 aromatic carbocycles. The molecule has 0 aliphatic carbocycles. The highest BCUT2D eigenvalue weighted by atomic mass is 15.2. The normalized spacial score (nSPS) is 11.8. The molecular weight excluding hydrogens is 615 g/mol. The average molecular weight is 651 g/mol. The van der Waals surface area contributed by atoms with E-state index in [0.29, 0.717) is 0 Å². The van der Waals surface area contributed by atoms with Crippen LogP contribution in [-0.4, -0.2) is 6.71 Å². The summed E-state index contributed by atoms with van der Waals surface area (Å²) in [4.78, 5) is 4.80.